The molecule has 0 amide bonds. The molecule has 0 radical (unpaired) electrons. The van der Waals surface area contributed by atoms with Gasteiger partial charge in [0.2, 0.25) is 0 Å². The Morgan fingerprint density at radius 2 is 1.67 bits per heavy atom. The Bertz CT molecular complexity index is 527. The summed E-state index contributed by atoms with van der Waals surface area (Å²) in [5.74, 6) is 0.0757. The topological polar surface area (TPSA) is 32.3 Å². The molecule has 0 bridgehead atoms. The Balaban J connectivity index is 1.72. The van der Waals surface area contributed by atoms with Crippen LogP contribution in [0.3, 0.4) is 0 Å². The third-order valence-corrected chi connectivity index (χ3v) is 3.58. The predicted octanol–water partition coefficient (Wildman–Crippen LogP) is 3.12. The average Bonchev–Trinajstić information content (AvgIpc) is 2.49. The van der Waals surface area contributed by atoms with Gasteiger partial charge >= 0.3 is 0 Å². The molecule has 0 spiro atoms. The maximum atomic E-state index is 12.9. The minimum absolute atomic E-state index is 0.211. The van der Waals surface area contributed by atoms with Gasteiger partial charge in [0.15, 0.2) is 0 Å². The zero-order valence-electron chi connectivity index (χ0n) is 12.3. The van der Waals surface area contributed by atoms with Gasteiger partial charge < -0.3 is 10.4 Å². The molecule has 2 aromatic rings. The largest absolute Gasteiger partial charge is 0.391 e. The predicted molar refractivity (Wildman–Crippen MR) is 83.8 cm³/mol. The summed E-state index contributed by atoms with van der Waals surface area (Å²) < 4.78 is 12.9. The third kappa shape index (κ3) is 5.29. The van der Waals surface area contributed by atoms with Crippen molar-refractivity contribution >= 4 is 0 Å². The van der Waals surface area contributed by atoms with Crippen molar-refractivity contribution in [2.75, 3.05) is 13.1 Å². The summed E-state index contributed by atoms with van der Waals surface area (Å²) in [6.07, 6.45) is 0.256. The number of hydrogen-bond acceptors (Lipinski definition) is 2. The van der Waals surface area contributed by atoms with Crippen molar-refractivity contribution in [3.05, 3.63) is 71.5 Å². The molecule has 2 unspecified atom stereocenters. The minimum atomic E-state index is -0.396. The molecule has 0 saturated heterocycles. The van der Waals surface area contributed by atoms with Crippen LogP contribution in [0.4, 0.5) is 4.39 Å². The van der Waals surface area contributed by atoms with E-state index in [-0.39, 0.29) is 11.7 Å². The molecule has 0 aromatic heterocycles. The Morgan fingerprint density at radius 1 is 1.00 bits per heavy atom. The summed E-state index contributed by atoms with van der Waals surface area (Å²) in [5, 5.41) is 13.3. The number of aliphatic hydroxyl groups excluding tert-OH is 1. The molecular weight excluding hydrogens is 265 g/mol. The van der Waals surface area contributed by atoms with E-state index in [2.05, 4.69) is 12.2 Å². The highest BCUT2D eigenvalue weighted by Gasteiger charge is 2.08. The van der Waals surface area contributed by atoms with Gasteiger partial charge in [0, 0.05) is 13.1 Å². The fourth-order valence-corrected chi connectivity index (χ4v) is 2.33. The smallest absolute Gasteiger partial charge is 0.123 e. The zero-order valence-corrected chi connectivity index (χ0v) is 12.3. The van der Waals surface area contributed by atoms with Crippen LogP contribution in [0.15, 0.2) is 54.6 Å². The lowest BCUT2D eigenvalue weighted by atomic mass is 10.0. The summed E-state index contributed by atoms with van der Waals surface area (Å²) in [4.78, 5) is 0. The fourth-order valence-electron chi connectivity index (χ4n) is 2.33. The van der Waals surface area contributed by atoms with Gasteiger partial charge in [-0.1, -0.05) is 49.4 Å². The van der Waals surface area contributed by atoms with Crippen LogP contribution in [0.1, 0.15) is 24.0 Å². The number of rotatable bonds is 7. The van der Waals surface area contributed by atoms with E-state index in [4.69, 9.17) is 0 Å². The number of benzene rings is 2. The Labute approximate surface area is 125 Å². The molecular formula is C18H22FNO. The SMILES string of the molecule is CC(CNCC(O)Cc1ccccc1)c1ccc(F)cc1. The Hall–Kier alpha value is -1.71. The minimum Gasteiger partial charge on any atom is -0.391 e. The van der Waals surface area contributed by atoms with Gasteiger partial charge in [0.25, 0.3) is 0 Å². The van der Waals surface area contributed by atoms with Crippen LogP contribution in [-0.4, -0.2) is 24.3 Å². The van der Waals surface area contributed by atoms with Crippen molar-refractivity contribution < 1.29 is 9.50 Å². The van der Waals surface area contributed by atoms with Crippen molar-refractivity contribution in [1.29, 1.82) is 0 Å². The summed E-state index contributed by atoms with van der Waals surface area (Å²) >= 11 is 0. The maximum absolute atomic E-state index is 12.9. The van der Waals surface area contributed by atoms with Crippen molar-refractivity contribution in [2.24, 2.45) is 0 Å². The number of aliphatic hydroxyl groups is 1. The Kier molecular flexibility index (Phi) is 5.90. The van der Waals surface area contributed by atoms with Crippen LogP contribution in [0.2, 0.25) is 0 Å². The Morgan fingerprint density at radius 3 is 2.33 bits per heavy atom. The van der Waals surface area contributed by atoms with Gasteiger partial charge in [-0.25, -0.2) is 4.39 Å². The van der Waals surface area contributed by atoms with Crippen LogP contribution in [0.25, 0.3) is 0 Å². The van der Waals surface area contributed by atoms with Crippen molar-refractivity contribution in [1.82, 2.24) is 5.32 Å². The molecule has 0 fully saturated rings. The molecule has 2 nitrogen and oxygen atoms in total. The van der Waals surface area contributed by atoms with E-state index in [9.17, 15) is 9.50 Å². The quantitative estimate of drug-likeness (QED) is 0.820. The second-order valence-electron chi connectivity index (χ2n) is 5.45. The second kappa shape index (κ2) is 7.91. The second-order valence-corrected chi connectivity index (χ2v) is 5.45. The highest BCUT2D eigenvalue weighted by atomic mass is 19.1. The molecule has 0 aliphatic carbocycles. The lowest BCUT2D eigenvalue weighted by molar-refractivity contribution is 0.171. The molecule has 3 heteroatoms. The van der Waals surface area contributed by atoms with E-state index < -0.39 is 6.10 Å². The molecule has 2 N–H and O–H groups in total. The zero-order chi connectivity index (χ0) is 15.1. The summed E-state index contributed by atoms with van der Waals surface area (Å²) in [5.41, 5.74) is 2.24. The van der Waals surface area contributed by atoms with Crippen LogP contribution in [-0.2, 0) is 6.42 Å². The van der Waals surface area contributed by atoms with Crippen LogP contribution in [0, 0.1) is 5.82 Å². The van der Waals surface area contributed by atoms with E-state index in [0.29, 0.717) is 13.0 Å². The van der Waals surface area contributed by atoms with Crippen molar-refractivity contribution in [2.45, 2.75) is 25.4 Å². The summed E-state index contributed by atoms with van der Waals surface area (Å²) in [7, 11) is 0. The molecule has 112 valence electrons. The number of hydrogen-bond donors (Lipinski definition) is 2. The average molecular weight is 287 g/mol. The summed E-state index contributed by atoms with van der Waals surface area (Å²) in [6, 6.07) is 16.5. The molecule has 0 saturated carbocycles. The monoisotopic (exact) mass is 287 g/mol. The van der Waals surface area contributed by atoms with Gasteiger partial charge in [0.1, 0.15) is 5.82 Å². The first-order chi connectivity index (χ1) is 10.1. The normalized spacial score (nSPS) is 13.9. The fraction of sp³-hybridized carbons (Fsp3) is 0.333. The van der Waals surface area contributed by atoms with Crippen LogP contribution >= 0.6 is 0 Å². The lowest BCUT2D eigenvalue weighted by Gasteiger charge is -2.16. The maximum Gasteiger partial charge on any atom is 0.123 e. The van der Waals surface area contributed by atoms with E-state index in [1.165, 1.54) is 12.1 Å². The van der Waals surface area contributed by atoms with Crippen LogP contribution in [0.5, 0.6) is 0 Å². The van der Waals surface area contributed by atoms with E-state index in [0.717, 1.165) is 17.7 Å². The van der Waals surface area contributed by atoms with Gasteiger partial charge in [-0.3, -0.25) is 0 Å². The van der Waals surface area contributed by atoms with Gasteiger partial charge in [-0.05, 0) is 35.6 Å². The van der Waals surface area contributed by atoms with Crippen LogP contribution < -0.4 is 5.32 Å². The molecule has 0 aliphatic rings. The van der Waals surface area contributed by atoms with E-state index >= 15 is 0 Å². The molecule has 2 atom stereocenters. The number of halogens is 1. The third-order valence-electron chi connectivity index (χ3n) is 3.58. The van der Waals surface area contributed by atoms with Gasteiger partial charge in [-0.15, -0.1) is 0 Å². The van der Waals surface area contributed by atoms with Crippen molar-refractivity contribution in [3.63, 3.8) is 0 Å². The first-order valence-electron chi connectivity index (χ1n) is 7.33. The molecule has 2 aromatic carbocycles. The molecule has 2 rings (SSSR count). The van der Waals surface area contributed by atoms with Gasteiger partial charge in [0.05, 0.1) is 6.10 Å². The highest BCUT2D eigenvalue weighted by Crippen LogP contribution is 2.14. The summed E-state index contributed by atoms with van der Waals surface area (Å²) in [6.45, 7) is 3.40. The van der Waals surface area contributed by atoms with E-state index in [1.807, 2.05) is 42.5 Å². The molecule has 21 heavy (non-hydrogen) atoms. The molecule has 0 aliphatic heterocycles. The first-order valence-corrected chi connectivity index (χ1v) is 7.33. The lowest BCUT2D eigenvalue weighted by Crippen LogP contribution is -2.31. The molecule has 0 heterocycles. The highest BCUT2D eigenvalue weighted by molar-refractivity contribution is 5.20. The van der Waals surface area contributed by atoms with Gasteiger partial charge in [-0.2, -0.15) is 0 Å². The number of nitrogens with one attached hydrogen (secondary N) is 1. The van der Waals surface area contributed by atoms with E-state index in [1.54, 1.807) is 0 Å². The first kappa shape index (κ1) is 15.7. The van der Waals surface area contributed by atoms with Crippen molar-refractivity contribution in [3.8, 4) is 0 Å². The standard InChI is InChI=1S/C18H22FNO/c1-14(16-7-9-17(19)10-8-16)12-20-13-18(21)11-15-5-3-2-4-6-15/h2-10,14,18,20-21H,11-13H2,1H3.